The molecule has 1 aromatic carbocycles. The summed E-state index contributed by atoms with van der Waals surface area (Å²) in [6, 6.07) is 1.86. The summed E-state index contributed by atoms with van der Waals surface area (Å²) in [5.74, 6) is -2.99. The van der Waals surface area contributed by atoms with Crippen molar-refractivity contribution in [3.8, 4) is 0 Å². The Labute approximate surface area is 175 Å². The Kier molecular flexibility index (Phi) is 4.93. The van der Waals surface area contributed by atoms with Crippen molar-refractivity contribution in [2.45, 2.75) is 82.0 Å². The number of halogens is 3. The Morgan fingerprint density at radius 3 is 2.53 bits per heavy atom. The summed E-state index contributed by atoms with van der Waals surface area (Å²) in [5.41, 5.74) is -0.551. The zero-order chi connectivity index (χ0) is 22.1. The van der Waals surface area contributed by atoms with Crippen molar-refractivity contribution in [2.75, 3.05) is 0 Å². The van der Waals surface area contributed by atoms with Crippen LogP contribution in [0.2, 0.25) is 0 Å². The Balaban J connectivity index is 1.87. The smallest absolute Gasteiger partial charge is 0.261 e. The Morgan fingerprint density at radius 2 is 1.93 bits per heavy atom. The van der Waals surface area contributed by atoms with Gasteiger partial charge in [0.25, 0.3) is 5.56 Å². The molecule has 164 valence electrons. The van der Waals surface area contributed by atoms with Crippen molar-refractivity contribution in [2.24, 2.45) is 0 Å². The molecule has 1 aliphatic heterocycles. The fourth-order valence-corrected chi connectivity index (χ4v) is 5.40. The summed E-state index contributed by atoms with van der Waals surface area (Å²) in [6.07, 6.45) is 0.160. The molecule has 5 nitrogen and oxygen atoms in total. The average Bonchev–Trinajstić information content (AvgIpc) is 3.14. The first-order chi connectivity index (χ1) is 13.8. The summed E-state index contributed by atoms with van der Waals surface area (Å²) >= 11 is 0. The van der Waals surface area contributed by atoms with Crippen molar-refractivity contribution in [1.29, 1.82) is 0 Å². The van der Waals surface area contributed by atoms with Gasteiger partial charge >= 0.3 is 0 Å². The van der Waals surface area contributed by atoms with E-state index in [-0.39, 0.29) is 30.2 Å². The second kappa shape index (κ2) is 6.88. The molecule has 1 aromatic heterocycles. The van der Waals surface area contributed by atoms with Gasteiger partial charge in [-0.3, -0.25) is 9.36 Å². The Morgan fingerprint density at radius 1 is 1.23 bits per heavy atom. The molecule has 1 N–H and O–H groups in total. The van der Waals surface area contributed by atoms with Crippen LogP contribution in [-0.4, -0.2) is 24.4 Å². The van der Waals surface area contributed by atoms with Crippen LogP contribution in [0, 0.1) is 5.82 Å². The quantitative estimate of drug-likeness (QED) is 0.780. The fourth-order valence-electron chi connectivity index (χ4n) is 4.60. The molecule has 9 heteroatoms. The highest BCUT2D eigenvalue weighted by molar-refractivity contribution is 7.84. The van der Waals surface area contributed by atoms with Crippen molar-refractivity contribution in [3.63, 3.8) is 0 Å². The van der Waals surface area contributed by atoms with Crippen LogP contribution in [0.1, 0.15) is 70.8 Å². The summed E-state index contributed by atoms with van der Waals surface area (Å²) in [5, 5.41) is 0.116. The van der Waals surface area contributed by atoms with Gasteiger partial charge in [0.05, 0.1) is 26.6 Å². The molecule has 1 fully saturated rings. The Hall–Kier alpha value is -1.74. The molecule has 0 amide bonds. The summed E-state index contributed by atoms with van der Waals surface area (Å²) in [6.45, 7) is 7.47. The lowest BCUT2D eigenvalue weighted by atomic mass is 9.84. The van der Waals surface area contributed by atoms with E-state index in [4.69, 9.17) is 0 Å². The molecule has 1 aliphatic carbocycles. The predicted octanol–water partition coefficient (Wildman–Crippen LogP) is 4.11. The van der Waals surface area contributed by atoms with Crippen molar-refractivity contribution in [3.05, 3.63) is 39.7 Å². The third-order valence-electron chi connectivity index (χ3n) is 6.21. The second-order valence-electron chi connectivity index (χ2n) is 9.57. The van der Waals surface area contributed by atoms with E-state index in [2.05, 4.69) is 9.71 Å². The SMILES string of the molecule is C[C@@H](N[S@](=O)C(C)(C)C)c1cc(F)cc2c(=O)n3c(nc12)C1(CC3)CCC(F)(F)C1. The fraction of sp³-hybridized carbons (Fsp3) is 0.619. The lowest BCUT2D eigenvalue weighted by Gasteiger charge is -2.24. The standard InChI is InChI=1S/C21H26F3N3O2S/c1-12(26-30(29)19(2,3)4)14-9-13(22)10-15-16(14)25-18-20(5-6-21(23,24)11-20)7-8-27(18)17(15)28/h9-10,12,26H,5-8,11H2,1-4H3/t12-,20?,30-/m1/s1. The minimum absolute atomic E-state index is 0.116. The molecule has 1 saturated carbocycles. The number of aromatic nitrogens is 2. The zero-order valence-electron chi connectivity index (χ0n) is 17.5. The molecule has 4 rings (SSSR count). The van der Waals surface area contributed by atoms with E-state index in [1.807, 2.05) is 20.8 Å². The highest BCUT2D eigenvalue weighted by Gasteiger charge is 2.54. The Bertz CT molecular complexity index is 1110. The summed E-state index contributed by atoms with van der Waals surface area (Å²) < 4.78 is 58.9. The van der Waals surface area contributed by atoms with E-state index in [1.54, 1.807) is 6.92 Å². The molecule has 1 spiro atoms. The van der Waals surface area contributed by atoms with E-state index in [1.165, 1.54) is 10.6 Å². The molecule has 0 saturated heterocycles. The van der Waals surface area contributed by atoms with Crippen LogP contribution in [0.3, 0.4) is 0 Å². The van der Waals surface area contributed by atoms with E-state index >= 15 is 0 Å². The molecule has 0 radical (unpaired) electrons. The van der Waals surface area contributed by atoms with Gasteiger partial charge in [0.15, 0.2) is 0 Å². The third kappa shape index (κ3) is 3.49. The molecule has 1 unspecified atom stereocenters. The second-order valence-corrected chi connectivity index (χ2v) is 11.6. The monoisotopic (exact) mass is 441 g/mol. The molecule has 0 bridgehead atoms. The van der Waals surface area contributed by atoms with Crippen LogP contribution < -0.4 is 10.3 Å². The van der Waals surface area contributed by atoms with Crippen LogP contribution in [-0.2, 0) is 22.9 Å². The number of benzene rings is 1. The largest absolute Gasteiger partial charge is 0.296 e. The maximum atomic E-state index is 14.4. The average molecular weight is 442 g/mol. The number of rotatable bonds is 3. The first kappa shape index (κ1) is 21.5. The van der Waals surface area contributed by atoms with Gasteiger partial charge in [-0.05, 0) is 58.2 Å². The van der Waals surface area contributed by atoms with Crippen LogP contribution in [0.5, 0.6) is 0 Å². The molecular formula is C21H26F3N3O2S. The highest BCUT2D eigenvalue weighted by Crippen LogP contribution is 2.52. The number of hydrogen-bond acceptors (Lipinski definition) is 3. The molecule has 2 aromatic rings. The van der Waals surface area contributed by atoms with Gasteiger partial charge in [0, 0.05) is 30.8 Å². The van der Waals surface area contributed by atoms with Crippen LogP contribution in [0.15, 0.2) is 16.9 Å². The maximum Gasteiger partial charge on any atom is 0.261 e. The number of nitrogens with zero attached hydrogens (tertiary/aromatic N) is 2. The number of alkyl halides is 2. The minimum atomic E-state index is -2.77. The van der Waals surface area contributed by atoms with E-state index in [0.717, 1.165) is 6.07 Å². The maximum absolute atomic E-state index is 14.4. The van der Waals surface area contributed by atoms with Crippen LogP contribution >= 0.6 is 0 Å². The summed E-state index contributed by atoms with van der Waals surface area (Å²) in [7, 11) is -1.42. The molecule has 30 heavy (non-hydrogen) atoms. The van der Waals surface area contributed by atoms with Gasteiger partial charge in [-0.15, -0.1) is 0 Å². The first-order valence-electron chi connectivity index (χ1n) is 10.1. The van der Waals surface area contributed by atoms with Gasteiger partial charge < -0.3 is 0 Å². The van der Waals surface area contributed by atoms with Gasteiger partial charge in [0.2, 0.25) is 5.92 Å². The molecule has 2 aliphatic rings. The molecular weight excluding hydrogens is 415 g/mol. The first-order valence-corrected chi connectivity index (χ1v) is 11.3. The zero-order valence-corrected chi connectivity index (χ0v) is 18.3. The van der Waals surface area contributed by atoms with Crippen molar-refractivity contribution < 1.29 is 17.4 Å². The van der Waals surface area contributed by atoms with Gasteiger partial charge in [-0.25, -0.2) is 27.1 Å². The van der Waals surface area contributed by atoms with Crippen LogP contribution in [0.25, 0.3) is 10.9 Å². The van der Waals surface area contributed by atoms with E-state index in [0.29, 0.717) is 24.4 Å². The number of hydrogen-bond donors (Lipinski definition) is 1. The van der Waals surface area contributed by atoms with Gasteiger partial charge in [-0.2, -0.15) is 0 Å². The van der Waals surface area contributed by atoms with Gasteiger partial charge in [-0.1, -0.05) is 0 Å². The van der Waals surface area contributed by atoms with E-state index in [9.17, 15) is 22.2 Å². The van der Waals surface area contributed by atoms with Crippen molar-refractivity contribution in [1.82, 2.24) is 14.3 Å². The van der Waals surface area contributed by atoms with Crippen molar-refractivity contribution >= 4 is 21.9 Å². The normalized spacial score (nSPS) is 25.0. The molecule has 3 atom stereocenters. The predicted molar refractivity (Wildman–Crippen MR) is 111 cm³/mol. The summed E-state index contributed by atoms with van der Waals surface area (Å²) in [4.78, 5) is 17.8. The highest BCUT2D eigenvalue weighted by atomic mass is 32.2. The lowest BCUT2D eigenvalue weighted by molar-refractivity contribution is 0.00242. The van der Waals surface area contributed by atoms with Crippen LogP contribution in [0.4, 0.5) is 13.2 Å². The number of nitrogens with one attached hydrogen (secondary N) is 1. The minimum Gasteiger partial charge on any atom is -0.296 e. The lowest BCUT2D eigenvalue weighted by Crippen LogP contribution is -2.35. The topological polar surface area (TPSA) is 64.0 Å². The third-order valence-corrected chi connectivity index (χ3v) is 7.89. The van der Waals surface area contributed by atoms with E-state index < -0.39 is 44.5 Å². The van der Waals surface area contributed by atoms with Gasteiger partial charge in [0.1, 0.15) is 11.6 Å². The molecule has 2 heterocycles. The number of fused-ring (bicyclic) bond motifs is 3.